The highest BCUT2D eigenvalue weighted by molar-refractivity contribution is 7.12. The van der Waals surface area contributed by atoms with Crippen molar-refractivity contribution in [1.29, 1.82) is 0 Å². The molecule has 0 saturated heterocycles. The van der Waals surface area contributed by atoms with E-state index < -0.39 is 5.97 Å². The first-order valence-corrected chi connectivity index (χ1v) is 9.01. The van der Waals surface area contributed by atoms with Gasteiger partial charge in [0.25, 0.3) is 5.91 Å². The van der Waals surface area contributed by atoms with Crippen LogP contribution in [0.25, 0.3) is 0 Å². The Balaban J connectivity index is 1.57. The van der Waals surface area contributed by atoms with E-state index in [9.17, 15) is 14.4 Å². The second-order valence-electron chi connectivity index (χ2n) is 5.60. The highest BCUT2D eigenvalue weighted by Crippen LogP contribution is 2.09. The summed E-state index contributed by atoms with van der Waals surface area (Å²) in [7, 11) is 0. The quantitative estimate of drug-likeness (QED) is 0.423. The number of ether oxygens (including phenoxy) is 1. The van der Waals surface area contributed by atoms with Crippen molar-refractivity contribution in [2.45, 2.75) is 26.2 Å². The first kappa shape index (κ1) is 18.9. The molecule has 5 nitrogen and oxygen atoms in total. The number of carbonyl (C=O) groups is 3. The molecule has 0 aliphatic carbocycles. The summed E-state index contributed by atoms with van der Waals surface area (Å²) < 4.78 is 5.08. The molecule has 0 unspecified atom stereocenters. The molecule has 1 amide bonds. The number of hydrogen-bond acceptors (Lipinski definition) is 5. The van der Waals surface area contributed by atoms with Gasteiger partial charge in [0, 0.05) is 18.5 Å². The summed E-state index contributed by atoms with van der Waals surface area (Å²) in [6.07, 6.45) is 0.736. The van der Waals surface area contributed by atoms with Crippen LogP contribution in [-0.2, 0) is 9.53 Å². The number of amides is 1. The Morgan fingerprint density at radius 1 is 1.08 bits per heavy atom. The molecule has 1 aromatic heterocycles. The summed E-state index contributed by atoms with van der Waals surface area (Å²) >= 11 is 1.38. The maximum atomic E-state index is 12.0. The molecule has 1 N–H and O–H groups in total. The fraction of sp³-hybridized carbons (Fsp3) is 0.316. The van der Waals surface area contributed by atoms with Crippen molar-refractivity contribution in [1.82, 2.24) is 5.32 Å². The molecule has 1 aromatic carbocycles. The van der Waals surface area contributed by atoms with Crippen LogP contribution in [0.4, 0.5) is 0 Å². The Kier molecular flexibility index (Phi) is 7.35. The standard InChI is InChI=1S/C19H21NO4S/c1-14-5-7-15(8-6-14)16(21)9-10-18(22)24-12-3-11-20-19(23)17-4-2-13-25-17/h2,4-8,13H,3,9-12H2,1H3,(H,20,23). The number of ketones is 1. The van der Waals surface area contributed by atoms with Crippen molar-refractivity contribution in [3.8, 4) is 0 Å². The smallest absolute Gasteiger partial charge is 0.306 e. The Hall–Kier alpha value is -2.47. The van der Waals surface area contributed by atoms with Crippen LogP contribution >= 0.6 is 11.3 Å². The number of thiophene rings is 1. The average Bonchev–Trinajstić information content (AvgIpc) is 3.14. The van der Waals surface area contributed by atoms with Gasteiger partial charge in [-0.15, -0.1) is 11.3 Å². The van der Waals surface area contributed by atoms with E-state index in [-0.39, 0.29) is 31.1 Å². The van der Waals surface area contributed by atoms with Crippen molar-refractivity contribution in [3.63, 3.8) is 0 Å². The second-order valence-corrected chi connectivity index (χ2v) is 6.54. The number of carbonyl (C=O) groups excluding carboxylic acids is 3. The van der Waals surface area contributed by atoms with Crippen molar-refractivity contribution in [2.75, 3.05) is 13.2 Å². The van der Waals surface area contributed by atoms with Gasteiger partial charge in [-0.2, -0.15) is 0 Å². The molecule has 0 aliphatic heterocycles. The topological polar surface area (TPSA) is 72.5 Å². The summed E-state index contributed by atoms with van der Waals surface area (Å²) in [5.74, 6) is -0.588. The van der Waals surface area contributed by atoms with Crippen molar-refractivity contribution in [2.24, 2.45) is 0 Å². The van der Waals surface area contributed by atoms with E-state index in [1.807, 2.05) is 30.5 Å². The molecule has 25 heavy (non-hydrogen) atoms. The maximum Gasteiger partial charge on any atom is 0.306 e. The number of esters is 1. The highest BCUT2D eigenvalue weighted by Gasteiger charge is 2.10. The fourth-order valence-corrected chi connectivity index (χ4v) is 2.77. The van der Waals surface area contributed by atoms with Crippen LogP contribution in [0, 0.1) is 6.92 Å². The van der Waals surface area contributed by atoms with Crippen LogP contribution in [0.15, 0.2) is 41.8 Å². The normalized spacial score (nSPS) is 10.3. The third-order valence-corrected chi connectivity index (χ3v) is 4.41. The first-order chi connectivity index (χ1) is 12.1. The van der Waals surface area contributed by atoms with Crippen LogP contribution in [0.2, 0.25) is 0 Å². The summed E-state index contributed by atoms with van der Waals surface area (Å²) in [6, 6.07) is 10.8. The molecule has 0 radical (unpaired) electrons. The molecular weight excluding hydrogens is 338 g/mol. The highest BCUT2D eigenvalue weighted by atomic mass is 32.1. The van der Waals surface area contributed by atoms with Gasteiger partial charge in [0.1, 0.15) is 0 Å². The van der Waals surface area contributed by atoms with Gasteiger partial charge in [0.15, 0.2) is 5.78 Å². The van der Waals surface area contributed by atoms with Gasteiger partial charge in [0.2, 0.25) is 0 Å². The zero-order valence-electron chi connectivity index (χ0n) is 14.1. The van der Waals surface area contributed by atoms with E-state index in [4.69, 9.17) is 4.74 Å². The molecule has 0 atom stereocenters. The largest absolute Gasteiger partial charge is 0.466 e. The molecule has 0 spiro atoms. The van der Waals surface area contributed by atoms with E-state index in [0.29, 0.717) is 23.4 Å². The van der Waals surface area contributed by atoms with E-state index in [1.54, 1.807) is 18.2 Å². The lowest BCUT2D eigenvalue weighted by molar-refractivity contribution is -0.143. The lowest BCUT2D eigenvalue weighted by Crippen LogP contribution is -2.24. The van der Waals surface area contributed by atoms with Gasteiger partial charge in [-0.05, 0) is 24.8 Å². The van der Waals surface area contributed by atoms with Gasteiger partial charge < -0.3 is 10.1 Å². The number of benzene rings is 1. The molecule has 0 fully saturated rings. The summed E-state index contributed by atoms with van der Waals surface area (Å²) in [5, 5.41) is 4.60. The van der Waals surface area contributed by atoms with Crippen molar-refractivity contribution >= 4 is 29.0 Å². The second kappa shape index (κ2) is 9.74. The lowest BCUT2D eigenvalue weighted by atomic mass is 10.1. The zero-order valence-corrected chi connectivity index (χ0v) is 14.9. The Morgan fingerprint density at radius 2 is 1.84 bits per heavy atom. The number of Topliss-reactive ketones (excluding diaryl/α,β-unsaturated/α-hetero) is 1. The van der Waals surface area contributed by atoms with Crippen LogP contribution in [-0.4, -0.2) is 30.8 Å². The SMILES string of the molecule is Cc1ccc(C(=O)CCC(=O)OCCCNC(=O)c2cccs2)cc1. The summed E-state index contributed by atoms with van der Waals surface area (Å²) in [5.41, 5.74) is 1.69. The predicted molar refractivity (Wildman–Crippen MR) is 97.0 cm³/mol. The molecule has 0 aliphatic rings. The monoisotopic (exact) mass is 359 g/mol. The number of aryl methyl sites for hydroxylation is 1. The molecule has 2 rings (SSSR count). The third-order valence-electron chi connectivity index (χ3n) is 3.54. The van der Waals surface area contributed by atoms with Gasteiger partial charge in [-0.3, -0.25) is 14.4 Å². The molecule has 132 valence electrons. The molecular formula is C19H21NO4S. The summed E-state index contributed by atoms with van der Waals surface area (Å²) in [4.78, 5) is 36.0. The molecule has 2 aromatic rings. The number of hydrogen-bond donors (Lipinski definition) is 1. The number of rotatable bonds is 9. The van der Waals surface area contributed by atoms with Crippen LogP contribution in [0.1, 0.15) is 44.9 Å². The minimum absolute atomic E-state index is 0.0638. The molecule has 1 heterocycles. The Labute approximate surface area is 151 Å². The van der Waals surface area contributed by atoms with Gasteiger partial charge >= 0.3 is 5.97 Å². The fourth-order valence-electron chi connectivity index (χ4n) is 2.13. The summed E-state index contributed by atoms with van der Waals surface area (Å²) in [6.45, 7) is 2.61. The molecule has 0 saturated carbocycles. The minimum atomic E-state index is -0.398. The van der Waals surface area contributed by atoms with Crippen molar-refractivity contribution in [3.05, 3.63) is 57.8 Å². The maximum absolute atomic E-state index is 12.0. The zero-order chi connectivity index (χ0) is 18.1. The van der Waals surface area contributed by atoms with E-state index in [2.05, 4.69) is 5.32 Å². The van der Waals surface area contributed by atoms with Crippen LogP contribution in [0.5, 0.6) is 0 Å². The first-order valence-electron chi connectivity index (χ1n) is 8.13. The minimum Gasteiger partial charge on any atom is -0.466 e. The van der Waals surface area contributed by atoms with Gasteiger partial charge in [-0.25, -0.2) is 0 Å². The lowest BCUT2D eigenvalue weighted by Gasteiger charge is -2.06. The Morgan fingerprint density at radius 3 is 2.52 bits per heavy atom. The van der Waals surface area contributed by atoms with E-state index in [0.717, 1.165) is 5.56 Å². The molecule has 6 heteroatoms. The number of nitrogens with one attached hydrogen (secondary N) is 1. The van der Waals surface area contributed by atoms with Gasteiger partial charge in [-0.1, -0.05) is 35.9 Å². The average molecular weight is 359 g/mol. The third kappa shape index (κ3) is 6.51. The van der Waals surface area contributed by atoms with Crippen molar-refractivity contribution < 1.29 is 19.1 Å². The van der Waals surface area contributed by atoms with Crippen LogP contribution in [0.3, 0.4) is 0 Å². The van der Waals surface area contributed by atoms with Crippen LogP contribution < -0.4 is 5.32 Å². The predicted octanol–water partition coefficient (Wildman–Crippen LogP) is 3.38. The van der Waals surface area contributed by atoms with E-state index >= 15 is 0 Å². The Bertz CT molecular complexity index is 708. The van der Waals surface area contributed by atoms with E-state index in [1.165, 1.54) is 11.3 Å². The van der Waals surface area contributed by atoms with Gasteiger partial charge in [0.05, 0.1) is 17.9 Å². The molecule has 0 bridgehead atoms.